The van der Waals surface area contributed by atoms with E-state index in [1.165, 1.54) is 11.6 Å². The Morgan fingerprint density at radius 2 is 1.84 bits per heavy atom. The van der Waals surface area contributed by atoms with Crippen LogP contribution in [-0.2, 0) is 14.3 Å². The molecular formula is C25H29NO5. The number of amides is 1. The van der Waals surface area contributed by atoms with Crippen LogP contribution in [-0.4, -0.2) is 37.7 Å². The molecule has 0 unspecified atom stereocenters. The van der Waals surface area contributed by atoms with E-state index in [1.54, 1.807) is 13.0 Å². The van der Waals surface area contributed by atoms with Gasteiger partial charge in [0, 0.05) is 25.0 Å². The summed E-state index contributed by atoms with van der Waals surface area (Å²) in [5.74, 6) is 0.678. The molecule has 164 valence electrons. The topological polar surface area (TPSA) is 73.9 Å². The Morgan fingerprint density at radius 1 is 1.10 bits per heavy atom. The van der Waals surface area contributed by atoms with Crippen LogP contribution in [0.4, 0.5) is 0 Å². The Bertz CT molecular complexity index is 909. The van der Waals surface area contributed by atoms with E-state index in [0.717, 1.165) is 18.4 Å². The Labute approximate surface area is 183 Å². The van der Waals surface area contributed by atoms with Crippen molar-refractivity contribution >= 4 is 18.0 Å². The van der Waals surface area contributed by atoms with Crippen molar-refractivity contribution in [1.82, 2.24) is 5.32 Å². The predicted molar refractivity (Wildman–Crippen MR) is 119 cm³/mol. The maximum atomic E-state index is 12.4. The molecule has 0 spiro atoms. The van der Waals surface area contributed by atoms with Gasteiger partial charge in [-0.1, -0.05) is 43.3 Å². The summed E-state index contributed by atoms with van der Waals surface area (Å²) in [6, 6.07) is 15.5. The molecule has 1 aliphatic heterocycles. The third-order valence-corrected chi connectivity index (χ3v) is 5.13. The van der Waals surface area contributed by atoms with Crippen LogP contribution in [0.15, 0.2) is 54.6 Å². The molecule has 1 heterocycles. The second-order valence-electron chi connectivity index (χ2n) is 7.43. The van der Waals surface area contributed by atoms with Crippen molar-refractivity contribution in [2.24, 2.45) is 0 Å². The number of fused-ring (bicyclic) bond motifs is 1. The summed E-state index contributed by atoms with van der Waals surface area (Å²) in [6.07, 6.45) is 3.79. The first-order valence-corrected chi connectivity index (χ1v) is 10.7. The summed E-state index contributed by atoms with van der Waals surface area (Å²) in [5.41, 5.74) is 1.96. The number of rotatable bonds is 8. The van der Waals surface area contributed by atoms with E-state index in [1.807, 2.05) is 48.5 Å². The molecule has 2 aromatic carbocycles. The lowest BCUT2D eigenvalue weighted by molar-refractivity contribution is -0.150. The quantitative estimate of drug-likeness (QED) is 0.511. The largest absolute Gasteiger partial charge is 0.490 e. The fraction of sp³-hybridized carbons (Fsp3) is 0.360. The van der Waals surface area contributed by atoms with Crippen molar-refractivity contribution in [1.29, 1.82) is 0 Å². The van der Waals surface area contributed by atoms with E-state index in [4.69, 9.17) is 14.2 Å². The molecule has 3 rings (SSSR count). The Morgan fingerprint density at radius 3 is 2.58 bits per heavy atom. The Balaban J connectivity index is 1.49. The summed E-state index contributed by atoms with van der Waals surface area (Å²) < 4.78 is 16.5. The van der Waals surface area contributed by atoms with Crippen molar-refractivity contribution in [2.75, 3.05) is 19.8 Å². The normalized spacial score (nSPS) is 15.0. The van der Waals surface area contributed by atoms with Gasteiger partial charge in [0.2, 0.25) is 0 Å². The molecule has 31 heavy (non-hydrogen) atoms. The van der Waals surface area contributed by atoms with Crippen LogP contribution >= 0.6 is 0 Å². The molecule has 0 aromatic heterocycles. The number of ether oxygens (including phenoxy) is 3. The van der Waals surface area contributed by atoms with Crippen LogP contribution in [0.3, 0.4) is 0 Å². The van der Waals surface area contributed by atoms with Gasteiger partial charge in [-0.05, 0) is 42.7 Å². The number of benzene rings is 2. The summed E-state index contributed by atoms with van der Waals surface area (Å²) in [4.78, 5) is 24.5. The lowest BCUT2D eigenvalue weighted by Crippen LogP contribution is -2.37. The molecule has 0 saturated heterocycles. The van der Waals surface area contributed by atoms with Crippen LogP contribution in [0.1, 0.15) is 43.7 Å². The van der Waals surface area contributed by atoms with Crippen LogP contribution in [0.25, 0.3) is 6.08 Å². The molecule has 0 saturated carbocycles. The standard InChI is InChI=1S/C25H29NO5/c1-3-20(21-8-5-4-6-9-21)17-26-25(28)18(2)31-24(27)13-11-19-10-12-22-23(16-19)30-15-7-14-29-22/h4-6,8-13,16,18,20H,3,7,14-15,17H2,1-2H3,(H,26,28)/b13-11+/t18-,20+/m0/s1. The van der Waals surface area contributed by atoms with Crippen molar-refractivity contribution in [3.05, 3.63) is 65.7 Å². The number of hydrogen-bond donors (Lipinski definition) is 1. The second kappa shape index (κ2) is 11.2. The van der Waals surface area contributed by atoms with Crippen molar-refractivity contribution < 1.29 is 23.8 Å². The van der Waals surface area contributed by atoms with Crippen LogP contribution in [0.2, 0.25) is 0 Å². The first-order valence-electron chi connectivity index (χ1n) is 10.7. The average molecular weight is 424 g/mol. The van der Waals surface area contributed by atoms with Gasteiger partial charge in [0.05, 0.1) is 13.2 Å². The first kappa shape index (κ1) is 22.4. The van der Waals surface area contributed by atoms with E-state index in [9.17, 15) is 9.59 Å². The maximum Gasteiger partial charge on any atom is 0.331 e. The Hall–Kier alpha value is -3.28. The number of carbonyl (C=O) groups is 2. The molecular weight excluding hydrogens is 394 g/mol. The SMILES string of the molecule is CC[C@H](CNC(=O)[C@H](C)OC(=O)/C=C/c1ccc2c(c1)OCCCO2)c1ccccc1. The Kier molecular flexibility index (Phi) is 8.10. The average Bonchev–Trinajstić information content (AvgIpc) is 3.03. The molecule has 6 nitrogen and oxygen atoms in total. The summed E-state index contributed by atoms with van der Waals surface area (Å²) in [7, 11) is 0. The zero-order valence-electron chi connectivity index (χ0n) is 18.0. The molecule has 2 atom stereocenters. The van der Waals surface area contributed by atoms with E-state index < -0.39 is 12.1 Å². The van der Waals surface area contributed by atoms with Crippen molar-refractivity contribution in [2.45, 2.75) is 38.7 Å². The zero-order valence-corrected chi connectivity index (χ0v) is 18.0. The van der Waals surface area contributed by atoms with E-state index in [0.29, 0.717) is 31.3 Å². The number of carbonyl (C=O) groups excluding carboxylic acids is 2. The van der Waals surface area contributed by atoms with Gasteiger partial charge in [-0.3, -0.25) is 4.79 Å². The highest BCUT2D eigenvalue weighted by atomic mass is 16.5. The monoisotopic (exact) mass is 423 g/mol. The molecule has 1 amide bonds. The number of nitrogens with one attached hydrogen (secondary N) is 1. The molecule has 6 heteroatoms. The lowest BCUT2D eigenvalue weighted by Gasteiger charge is -2.18. The van der Waals surface area contributed by atoms with Crippen molar-refractivity contribution in [3.63, 3.8) is 0 Å². The molecule has 1 N–H and O–H groups in total. The summed E-state index contributed by atoms with van der Waals surface area (Å²) in [5, 5.41) is 2.88. The molecule has 0 bridgehead atoms. The van der Waals surface area contributed by atoms with E-state index >= 15 is 0 Å². The highest BCUT2D eigenvalue weighted by molar-refractivity contribution is 5.90. The van der Waals surface area contributed by atoms with E-state index in [-0.39, 0.29) is 11.8 Å². The minimum absolute atomic E-state index is 0.215. The second-order valence-corrected chi connectivity index (χ2v) is 7.43. The van der Waals surface area contributed by atoms with Gasteiger partial charge >= 0.3 is 5.97 Å². The molecule has 2 aromatic rings. The maximum absolute atomic E-state index is 12.4. The smallest absolute Gasteiger partial charge is 0.331 e. The first-order chi connectivity index (χ1) is 15.1. The van der Waals surface area contributed by atoms with Crippen LogP contribution in [0, 0.1) is 0 Å². The third-order valence-electron chi connectivity index (χ3n) is 5.13. The zero-order chi connectivity index (χ0) is 22.1. The number of esters is 1. The molecule has 0 radical (unpaired) electrons. The highest BCUT2D eigenvalue weighted by Crippen LogP contribution is 2.30. The van der Waals surface area contributed by atoms with Gasteiger partial charge in [-0.15, -0.1) is 0 Å². The van der Waals surface area contributed by atoms with E-state index in [2.05, 4.69) is 12.2 Å². The van der Waals surface area contributed by atoms with Gasteiger partial charge in [-0.2, -0.15) is 0 Å². The molecule has 0 aliphatic carbocycles. The predicted octanol–water partition coefficient (Wildman–Crippen LogP) is 4.10. The minimum atomic E-state index is -0.880. The summed E-state index contributed by atoms with van der Waals surface area (Å²) in [6.45, 7) is 5.36. The van der Waals surface area contributed by atoms with Gasteiger partial charge in [-0.25, -0.2) is 4.79 Å². The van der Waals surface area contributed by atoms with Gasteiger partial charge < -0.3 is 19.5 Å². The number of hydrogen-bond acceptors (Lipinski definition) is 5. The summed E-state index contributed by atoms with van der Waals surface area (Å²) >= 11 is 0. The molecule has 0 fully saturated rings. The van der Waals surface area contributed by atoms with Gasteiger partial charge in [0.25, 0.3) is 5.91 Å². The lowest BCUT2D eigenvalue weighted by atomic mass is 9.96. The third kappa shape index (κ3) is 6.60. The fourth-order valence-electron chi connectivity index (χ4n) is 3.31. The van der Waals surface area contributed by atoms with Crippen molar-refractivity contribution in [3.8, 4) is 11.5 Å². The van der Waals surface area contributed by atoms with Gasteiger partial charge in [0.15, 0.2) is 17.6 Å². The van der Waals surface area contributed by atoms with Gasteiger partial charge in [0.1, 0.15) is 0 Å². The minimum Gasteiger partial charge on any atom is -0.490 e. The fourth-order valence-corrected chi connectivity index (χ4v) is 3.31. The molecule has 1 aliphatic rings. The van der Waals surface area contributed by atoms with Crippen LogP contribution < -0.4 is 14.8 Å². The van der Waals surface area contributed by atoms with Crippen LogP contribution in [0.5, 0.6) is 11.5 Å². The highest BCUT2D eigenvalue weighted by Gasteiger charge is 2.18.